The Kier molecular flexibility index (Phi) is 5.63. The van der Waals surface area contributed by atoms with Gasteiger partial charge in [0, 0.05) is 24.8 Å². The van der Waals surface area contributed by atoms with Crippen LogP contribution in [0.25, 0.3) is 0 Å². The maximum Gasteiger partial charge on any atom is 0.409 e. The van der Waals surface area contributed by atoms with Gasteiger partial charge in [-0.25, -0.2) is 9.59 Å². The minimum atomic E-state index is -0.306. The first-order chi connectivity index (χ1) is 10.6. The Labute approximate surface area is 130 Å². The number of ether oxygens (including phenoxy) is 1. The van der Waals surface area contributed by atoms with Crippen molar-refractivity contribution in [1.29, 1.82) is 0 Å². The number of methoxy groups -OCH3 is 1. The largest absolute Gasteiger partial charge is 0.453 e. The number of amides is 3. The molecule has 0 aromatic heterocycles. The van der Waals surface area contributed by atoms with Crippen molar-refractivity contribution in [2.24, 2.45) is 0 Å². The molecule has 2 N–H and O–H groups in total. The monoisotopic (exact) mass is 305 g/mol. The molecule has 6 nitrogen and oxygen atoms in total. The van der Waals surface area contributed by atoms with Crippen molar-refractivity contribution >= 4 is 17.8 Å². The van der Waals surface area contributed by atoms with Crippen LogP contribution in [0.5, 0.6) is 0 Å². The third-order valence-electron chi connectivity index (χ3n) is 3.86. The lowest BCUT2D eigenvalue weighted by atomic mass is 10.1. The number of hydrogen-bond donors (Lipinski definition) is 2. The molecule has 1 aromatic carbocycles. The van der Waals surface area contributed by atoms with E-state index in [0.717, 1.165) is 24.9 Å². The number of urea groups is 1. The topological polar surface area (TPSA) is 70.7 Å². The summed E-state index contributed by atoms with van der Waals surface area (Å²) in [5.41, 5.74) is 1.98. The van der Waals surface area contributed by atoms with Crippen molar-refractivity contribution in [1.82, 2.24) is 10.2 Å². The number of carbonyl (C=O) groups is 2. The van der Waals surface area contributed by atoms with Crippen molar-refractivity contribution in [2.45, 2.75) is 32.2 Å². The first kappa shape index (κ1) is 16.1. The van der Waals surface area contributed by atoms with Gasteiger partial charge in [0.15, 0.2) is 0 Å². The fraction of sp³-hybridized carbons (Fsp3) is 0.500. The summed E-state index contributed by atoms with van der Waals surface area (Å²) in [6.45, 7) is 3.28. The molecule has 3 amide bonds. The van der Waals surface area contributed by atoms with Crippen LogP contribution in [0.3, 0.4) is 0 Å². The van der Waals surface area contributed by atoms with Gasteiger partial charge < -0.3 is 20.3 Å². The van der Waals surface area contributed by atoms with E-state index in [9.17, 15) is 9.59 Å². The van der Waals surface area contributed by atoms with Crippen LogP contribution >= 0.6 is 0 Å². The Hall–Kier alpha value is -2.24. The molecule has 6 heteroatoms. The summed E-state index contributed by atoms with van der Waals surface area (Å²) in [5.74, 6) is 0. The molecular formula is C16H23N3O3. The Balaban J connectivity index is 1.79. The lowest BCUT2D eigenvalue weighted by Crippen LogP contribution is -2.47. The van der Waals surface area contributed by atoms with E-state index in [0.29, 0.717) is 13.1 Å². The molecule has 0 spiro atoms. The summed E-state index contributed by atoms with van der Waals surface area (Å²) in [6.07, 6.45) is 2.09. The van der Waals surface area contributed by atoms with Crippen molar-refractivity contribution in [3.63, 3.8) is 0 Å². The first-order valence-corrected chi connectivity index (χ1v) is 7.61. The summed E-state index contributed by atoms with van der Waals surface area (Å²) >= 11 is 0. The molecule has 22 heavy (non-hydrogen) atoms. The van der Waals surface area contributed by atoms with E-state index in [4.69, 9.17) is 4.74 Å². The summed E-state index contributed by atoms with van der Waals surface area (Å²) < 4.78 is 4.69. The molecule has 1 fully saturated rings. The number of hydrogen-bond acceptors (Lipinski definition) is 3. The lowest BCUT2D eigenvalue weighted by Gasteiger charge is -2.31. The maximum atomic E-state index is 12.0. The number of carbonyl (C=O) groups excluding carboxylic acids is 2. The van der Waals surface area contributed by atoms with Crippen LogP contribution in [0.4, 0.5) is 15.3 Å². The molecule has 1 aromatic rings. The third kappa shape index (κ3) is 4.38. The van der Waals surface area contributed by atoms with E-state index >= 15 is 0 Å². The summed E-state index contributed by atoms with van der Waals surface area (Å²) in [7, 11) is 1.38. The second-order valence-electron chi connectivity index (χ2n) is 5.38. The molecule has 1 aliphatic rings. The van der Waals surface area contributed by atoms with Crippen molar-refractivity contribution < 1.29 is 14.3 Å². The van der Waals surface area contributed by atoms with Crippen LogP contribution in [0.15, 0.2) is 24.3 Å². The number of likely N-dealkylation sites (tertiary alicyclic amines) is 1. The highest BCUT2D eigenvalue weighted by atomic mass is 16.5. The molecule has 0 unspecified atom stereocenters. The van der Waals surface area contributed by atoms with Crippen molar-refractivity contribution in [2.75, 3.05) is 25.5 Å². The van der Waals surface area contributed by atoms with Gasteiger partial charge in [-0.3, -0.25) is 0 Å². The van der Waals surface area contributed by atoms with Gasteiger partial charge in [0.2, 0.25) is 0 Å². The van der Waals surface area contributed by atoms with Crippen LogP contribution < -0.4 is 10.6 Å². The Bertz CT molecular complexity index is 525. The number of benzene rings is 1. The summed E-state index contributed by atoms with van der Waals surface area (Å²) in [6, 6.07) is 7.69. The third-order valence-corrected chi connectivity index (χ3v) is 3.86. The fourth-order valence-electron chi connectivity index (χ4n) is 2.56. The molecule has 1 aliphatic heterocycles. The predicted molar refractivity (Wildman–Crippen MR) is 85.0 cm³/mol. The zero-order valence-electron chi connectivity index (χ0n) is 13.1. The fourth-order valence-corrected chi connectivity index (χ4v) is 2.56. The lowest BCUT2D eigenvalue weighted by molar-refractivity contribution is 0.110. The van der Waals surface area contributed by atoms with Crippen LogP contribution in [-0.4, -0.2) is 43.3 Å². The van der Waals surface area contributed by atoms with E-state index < -0.39 is 0 Å². The van der Waals surface area contributed by atoms with Gasteiger partial charge in [-0.1, -0.05) is 19.1 Å². The molecular weight excluding hydrogens is 282 g/mol. The maximum absolute atomic E-state index is 12.0. The average Bonchev–Trinajstić information content (AvgIpc) is 2.55. The van der Waals surface area contributed by atoms with Gasteiger partial charge in [-0.2, -0.15) is 0 Å². The average molecular weight is 305 g/mol. The SMILES string of the molecule is CCc1cccc(NC(=O)NC2CCN(C(=O)OC)CC2)c1. The van der Waals surface area contributed by atoms with Crippen molar-refractivity contribution in [3.05, 3.63) is 29.8 Å². The molecule has 0 radical (unpaired) electrons. The van der Waals surface area contributed by atoms with Crippen LogP contribution in [-0.2, 0) is 11.2 Å². The van der Waals surface area contributed by atoms with Crippen molar-refractivity contribution in [3.8, 4) is 0 Å². The van der Waals surface area contributed by atoms with Crippen LogP contribution in [0.2, 0.25) is 0 Å². The molecule has 2 rings (SSSR count). The van der Waals surface area contributed by atoms with E-state index in [1.54, 1.807) is 4.90 Å². The van der Waals surface area contributed by atoms with Gasteiger partial charge in [0.25, 0.3) is 0 Å². The summed E-state index contributed by atoms with van der Waals surface area (Å²) in [4.78, 5) is 25.1. The van der Waals surface area contributed by atoms with E-state index in [1.807, 2.05) is 24.3 Å². The molecule has 0 saturated carbocycles. The van der Waals surface area contributed by atoms with E-state index in [1.165, 1.54) is 12.7 Å². The minimum Gasteiger partial charge on any atom is -0.453 e. The smallest absolute Gasteiger partial charge is 0.409 e. The molecule has 1 heterocycles. The number of nitrogens with one attached hydrogen (secondary N) is 2. The first-order valence-electron chi connectivity index (χ1n) is 7.61. The number of anilines is 1. The Morgan fingerprint density at radius 2 is 2.05 bits per heavy atom. The molecule has 0 bridgehead atoms. The zero-order chi connectivity index (χ0) is 15.9. The van der Waals surface area contributed by atoms with Gasteiger partial charge in [0.05, 0.1) is 7.11 Å². The zero-order valence-corrected chi connectivity index (χ0v) is 13.1. The molecule has 120 valence electrons. The standard InChI is InChI=1S/C16H23N3O3/c1-3-12-5-4-6-14(11-12)18-15(20)17-13-7-9-19(10-8-13)16(21)22-2/h4-6,11,13H,3,7-10H2,1-2H3,(H2,17,18,20). The Morgan fingerprint density at radius 1 is 1.32 bits per heavy atom. The van der Waals surface area contributed by atoms with Crippen LogP contribution in [0, 0.1) is 0 Å². The molecule has 1 saturated heterocycles. The number of nitrogens with zero attached hydrogens (tertiary/aromatic N) is 1. The van der Waals surface area contributed by atoms with Gasteiger partial charge in [0.1, 0.15) is 0 Å². The highest BCUT2D eigenvalue weighted by molar-refractivity contribution is 5.89. The minimum absolute atomic E-state index is 0.0789. The quantitative estimate of drug-likeness (QED) is 0.901. The highest BCUT2D eigenvalue weighted by Gasteiger charge is 2.24. The summed E-state index contributed by atoms with van der Waals surface area (Å²) in [5, 5.41) is 5.81. The van der Waals surface area contributed by atoms with Gasteiger partial charge >= 0.3 is 12.1 Å². The molecule has 0 aliphatic carbocycles. The number of aryl methyl sites for hydroxylation is 1. The second-order valence-corrected chi connectivity index (χ2v) is 5.38. The van der Waals surface area contributed by atoms with Crippen LogP contribution in [0.1, 0.15) is 25.3 Å². The van der Waals surface area contributed by atoms with E-state index in [-0.39, 0.29) is 18.2 Å². The number of rotatable bonds is 3. The highest BCUT2D eigenvalue weighted by Crippen LogP contribution is 2.13. The Morgan fingerprint density at radius 3 is 2.68 bits per heavy atom. The number of piperidine rings is 1. The van der Waals surface area contributed by atoms with E-state index in [2.05, 4.69) is 17.6 Å². The predicted octanol–water partition coefficient (Wildman–Crippen LogP) is 2.60. The second kappa shape index (κ2) is 7.68. The normalized spacial score (nSPS) is 15.3. The van der Waals surface area contributed by atoms with Gasteiger partial charge in [-0.15, -0.1) is 0 Å². The van der Waals surface area contributed by atoms with Gasteiger partial charge in [-0.05, 0) is 37.0 Å². The molecule has 0 atom stereocenters.